The molecule has 0 fully saturated rings. The maximum Gasteiger partial charge on any atom is 0.0792 e. The van der Waals surface area contributed by atoms with E-state index in [1.807, 2.05) is 0 Å². The van der Waals surface area contributed by atoms with Crippen LogP contribution in [0, 0.1) is 17.4 Å². The van der Waals surface area contributed by atoms with Crippen molar-refractivity contribution in [3.8, 4) is 0 Å². The number of thioether (sulfide) groups is 1. The third-order valence-corrected chi connectivity index (χ3v) is 7.44. The number of fused-ring (bicyclic) bond motifs is 1. The summed E-state index contributed by atoms with van der Waals surface area (Å²) in [5.74, 6) is 0. The summed E-state index contributed by atoms with van der Waals surface area (Å²) in [6.45, 7) is 10.8. The fraction of sp³-hybridized carbons (Fsp3) is 0.333. The zero-order chi connectivity index (χ0) is 19.6. The van der Waals surface area contributed by atoms with Gasteiger partial charge in [0, 0.05) is 8.48 Å². The van der Waals surface area contributed by atoms with Crippen molar-refractivity contribution < 1.29 is 5.11 Å². The van der Waals surface area contributed by atoms with Gasteiger partial charge in [0.25, 0.3) is 0 Å². The van der Waals surface area contributed by atoms with E-state index in [0.717, 1.165) is 41.7 Å². The number of allylic oxidation sites excluding steroid dienone is 1. The van der Waals surface area contributed by atoms with Crippen LogP contribution in [0.15, 0.2) is 47.9 Å². The second kappa shape index (κ2) is 8.97. The summed E-state index contributed by atoms with van der Waals surface area (Å²) in [7, 11) is 0. The average molecular weight is 490 g/mol. The summed E-state index contributed by atoms with van der Waals surface area (Å²) in [6.07, 6.45) is 3.66. The second-order valence-corrected chi connectivity index (χ2v) is 9.66. The first kappa shape index (κ1) is 20.7. The van der Waals surface area contributed by atoms with E-state index in [4.69, 9.17) is 0 Å². The average Bonchev–Trinajstić information content (AvgIpc) is 2.64. The predicted octanol–water partition coefficient (Wildman–Crippen LogP) is 7.13. The van der Waals surface area contributed by atoms with Crippen molar-refractivity contribution >= 4 is 39.3 Å². The lowest BCUT2D eigenvalue weighted by Crippen LogP contribution is -2.09. The van der Waals surface area contributed by atoms with E-state index >= 15 is 0 Å². The van der Waals surface area contributed by atoms with Gasteiger partial charge in [-0.15, -0.1) is 0 Å². The number of benzene rings is 2. The molecule has 3 heteroatoms. The van der Waals surface area contributed by atoms with Gasteiger partial charge in [0.05, 0.1) is 6.10 Å². The van der Waals surface area contributed by atoms with Gasteiger partial charge in [0.2, 0.25) is 0 Å². The molecule has 0 heterocycles. The maximum atomic E-state index is 10.1. The lowest BCUT2D eigenvalue weighted by atomic mass is 9.88. The molecule has 0 radical (unpaired) electrons. The molecule has 142 valence electrons. The van der Waals surface area contributed by atoms with E-state index in [-0.39, 0.29) is 6.10 Å². The van der Waals surface area contributed by atoms with Crippen LogP contribution >= 0.6 is 34.4 Å². The summed E-state index contributed by atoms with van der Waals surface area (Å²) >= 11 is 4.10. The van der Waals surface area contributed by atoms with Gasteiger partial charge in [-0.1, -0.05) is 48.2 Å². The van der Waals surface area contributed by atoms with Crippen molar-refractivity contribution in [3.05, 3.63) is 84.8 Å². The molecule has 0 amide bonds. The molecule has 1 nitrogen and oxygen atoms in total. The highest BCUT2D eigenvalue weighted by Gasteiger charge is 2.18. The van der Waals surface area contributed by atoms with Crippen molar-refractivity contribution in [2.45, 2.75) is 52.6 Å². The quantitative estimate of drug-likeness (QED) is 0.450. The van der Waals surface area contributed by atoms with Crippen molar-refractivity contribution in [1.82, 2.24) is 0 Å². The Morgan fingerprint density at radius 1 is 1.26 bits per heavy atom. The van der Waals surface area contributed by atoms with Gasteiger partial charge in [0.1, 0.15) is 0 Å². The Hall–Kier alpha value is -1.04. The minimum absolute atomic E-state index is 0.300. The van der Waals surface area contributed by atoms with Crippen LogP contribution < -0.4 is 0 Å². The SMILES string of the molecule is C=C(S/C=C(\C)Cc1cc(C)c(I)cc1C)c1ccc2c(c1)CCCC2O. The molecule has 0 aromatic heterocycles. The van der Waals surface area contributed by atoms with Gasteiger partial charge in [-0.2, -0.15) is 0 Å². The summed E-state index contributed by atoms with van der Waals surface area (Å²) < 4.78 is 1.33. The largest absolute Gasteiger partial charge is 0.388 e. The Balaban J connectivity index is 1.68. The summed E-state index contributed by atoms with van der Waals surface area (Å²) in [4.78, 5) is 1.06. The molecule has 2 aromatic rings. The van der Waals surface area contributed by atoms with Gasteiger partial charge in [-0.3, -0.25) is 0 Å². The molecule has 1 unspecified atom stereocenters. The zero-order valence-corrected chi connectivity index (χ0v) is 19.3. The molecule has 2 aromatic carbocycles. The zero-order valence-electron chi connectivity index (χ0n) is 16.3. The standard InChI is InChI=1S/C24H27IOS/c1-15(10-21-11-17(3)23(25)12-16(21)2)14-27-18(4)19-8-9-22-20(13-19)6-5-7-24(22)26/h8-9,11-14,24,26H,4-7,10H2,1-3H3/b15-14+. The molecule has 1 aliphatic rings. The molecule has 0 saturated heterocycles. The number of halogens is 1. The van der Waals surface area contributed by atoms with Crippen molar-refractivity contribution in [3.63, 3.8) is 0 Å². The molecule has 0 bridgehead atoms. The van der Waals surface area contributed by atoms with Crippen molar-refractivity contribution in [2.24, 2.45) is 0 Å². The van der Waals surface area contributed by atoms with Gasteiger partial charge in [-0.25, -0.2) is 0 Å². The monoisotopic (exact) mass is 490 g/mol. The summed E-state index contributed by atoms with van der Waals surface area (Å²) in [5.41, 5.74) is 8.98. The highest BCUT2D eigenvalue weighted by molar-refractivity contribution is 14.1. The van der Waals surface area contributed by atoms with Crippen LogP contribution in [0.4, 0.5) is 0 Å². The third kappa shape index (κ3) is 5.07. The van der Waals surface area contributed by atoms with Crippen LogP contribution in [-0.2, 0) is 12.8 Å². The normalized spacial score (nSPS) is 16.9. The van der Waals surface area contributed by atoms with E-state index in [0.29, 0.717) is 0 Å². The smallest absolute Gasteiger partial charge is 0.0792 e. The van der Waals surface area contributed by atoms with Gasteiger partial charge in [0.15, 0.2) is 0 Å². The van der Waals surface area contributed by atoms with E-state index in [1.54, 1.807) is 11.8 Å². The Morgan fingerprint density at radius 2 is 2.04 bits per heavy atom. The Labute approximate surface area is 181 Å². The lowest BCUT2D eigenvalue weighted by molar-refractivity contribution is 0.156. The Morgan fingerprint density at radius 3 is 2.81 bits per heavy atom. The van der Waals surface area contributed by atoms with Crippen LogP contribution in [0.5, 0.6) is 0 Å². The fourth-order valence-corrected chi connectivity index (χ4v) is 4.89. The summed E-state index contributed by atoms with van der Waals surface area (Å²) in [6, 6.07) is 11.0. The number of aryl methyl sites for hydroxylation is 3. The molecule has 3 rings (SSSR count). The predicted molar refractivity (Wildman–Crippen MR) is 127 cm³/mol. The minimum Gasteiger partial charge on any atom is -0.388 e. The van der Waals surface area contributed by atoms with Crippen LogP contribution in [0.3, 0.4) is 0 Å². The number of aliphatic hydroxyl groups excluding tert-OH is 1. The number of rotatable bonds is 5. The first-order valence-corrected chi connectivity index (χ1v) is 11.4. The second-order valence-electron chi connectivity index (χ2n) is 7.53. The van der Waals surface area contributed by atoms with Gasteiger partial charge >= 0.3 is 0 Å². The highest BCUT2D eigenvalue weighted by Crippen LogP contribution is 2.34. The number of hydrogen-bond acceptors (Lipinski definition) is 2. The van der Waals surface area contributed by atoms with Gasteiger partial charge in [-0.05, 0) is 114 Å². The van der Waals surface area contributed by atoms with Crippen LogP contribution in [0.1, 0.15) is 59.3 Å². The van der Waals surface area contributed by atoms with Crippen molar-refractivity contribution in [1.29, 1.82) is 0 Å². The van der Waals surface area contributed by atoms with Crippen LogP contribution in [0.2, 0.25) is 0 Å². The molecule has 1 atom stereocenters. The Kier molecular flexibility index (Phi) is 6.88. The molecule has 0 saturated carbocycles. The fourth-order valence-electron chi connectivity index (χ4n) is 3.58. The topological polar surface area (TPSA) is 20.2 Å². The summed E-state index contributed by atoms with van der Waals surface area (Å²) in [5, 5.41) is 12.4. The first-order chi connectivity index (χ1) is 12.8. The molecule has 27 heavy (non-hydrogen) atoms. The van der Waals surface area contributed by atoms with Crippen LogP contribution in [0.25, 0.3) is 4.91 Å². The van der Waals surface area contributed by atoms with E-state index in [1.165, 1.54) is 31.4 Å². The third-order valence-electron chi connectivity index (χ3n) is 5.24. The number of aliphatic hydroxyl groups is 1. The van der Waals surface area contributed by atoms with Gasteiger partial charge < -0.3 is 5.11 Å². The molecule has 1 aliphatic carbocycles. The molecule has 0 aliphatic heterocycles. The molecule has 1 N–H and O–H groups in total. The van der Waals surface area contributed by atoms with E-state index < -0.39 is 0 Å². The highest BCUT2D eigenvalue weighted by atomic mass is 127. The van der Waals surface area contributed by atoms with E-state index in [2.05, 4.69) is 85.7 Å². The lowest BCUT2D eigenvalue weighted by Gasteiger charge is -2.22. The number of hydrogen-bond donors (Lipinski definition) is 1. The Bertz CT molecular complexity index is 897. The minimum atomic E-state index is -0.300. The molecular weight excluding hydrogens is 463 g/mol. The van der Waals surface area contributed by atoms with Crippen molar-refractivity contribution in [2.75, 3.05) is 0 Å². The molecular formula is C24H27IOS. The first-order valence-electron chi connectivity index (χ1n) is 9.43. The van der Waals surface area contributed by atoms with Crippen LogP contribution in [-0.4, -0.2) is 5.11 Å². The maximum absolute atomic E-state index is 10.1. The molecule has 0 spiro atoms. The van der Waals surface area contributed by atoms with E-state index in [9.17, 15) is 5.11 Å².